The SMILES string of the molecule is NC(=S)c1ccc(N(Cc2ccco2)C2CC2)c(F)c1F. The van der Waals surface area contributed by atoms with Gasteiger partial charge in [-0.2, -0.15) is 0 Å². The Bertz CT molecular complexity index is 669. The lowest BCUT2D eigenvalue weighted by molar-refractivity contribution is 0.486. The lowest BCUT2D eigenvalue weighted by Crippen LogP contribution is -2.26. The normalized spacial score (nSPS) is 14.2. The first kappa shape index (κ1) is 14.0. The molecule has 3 nitrogen and oxygen atoms in total. The number of hydrogen-bond acceptors (Lipinski definition) is 3. The first-order chi connectivity index (χ1) is 10.1. The van der Waals surface area contributed by atoms with Gasteiger partial charge in [-0.25, -0.2) is 8.78 Å². The van der Waals surface area contributed by atoms with Gasteiger partial charge in [0.25, 0.3) is 0 Å². The van der Waals surface area contributed by atoms with Crippen molar-refractivity contribution in [3.63, 3.8) is 0 Å². The van der Waals surface area contributed by atoms with Gasteiger partial charge in [0, 0.05) is 11.6 Å². The molecule has 0 radical (unpaired) electrons. The van der Waals surface area contributed by atoms with Crippen LogP contribution in [0.25, 0.3) is 0 Å². The Morgan fingerprint density at radius 2 is 2.05 bits per heavy atom. The number of nitrogens with two attached hydrogens (primary N) is 1. The molecule has 0 aliphatic heterocycles. The van der Waals surface area contributed by atoms with Gasteiger partial charge in [0.15, 0.2) is 11.6 Å². The molecule has 110 valence electrons. The molecule has 3 rings (SSSR count). The third-order valence-electron chi connectivity index (χ3n) is 3.53. The summed E-state index contributed by atoms with van der Waals surface area (Å²) in [5.74, 6) is -1.20. The van der Waals surface area contributed by atoms with E-state index in [-0.39, 0.29) is 22.3 Å². The van der Waals surface area contributed by atoms with Gasteiger partial charge in [-0.1, -0.05) is 12.2 Å². The number of furan rings is 1. The summed E-state index contributed by atoms with van der Waals surface area (Å²) in [6.45, 7) is 0.403. The Morgan fingerprint density at radius 3 is 2.62 bits per heavy atom. The smallest absolute Gasteiger partial charge is 0.182 e. The quantitative estimate of drug-likeness (QED) is 0.860. The van der Waals surface area contributed by atoms with Crippen molar-refractivity contribution in [2.24, 2.45) is 5.73 Å². The largest absolute Gasteiger partial charge is 0.467 e. The Balaban J connectivity index is 1.96. The molecule has 0 amide bonds. The summed E-state index contributed by atoms with van der Waals surface area (Å²) >= 11 is 4.72. The molecule has 2 N–H and O–H groups in total. The van der Waals surface area contributed by atoms with Crippen LogP contribution < -0.4 is 10.6 Å². The highest BCUT2D eigenvalue weighted by molar-refractivity contribution is 7.80. The number of rotatable bonds is 5. The Morgan fingerprint density at radius 1 is 1.29 bits per heavy atom. The van der Waals surface area contributed by atoms with E-state index in [4.69, 9.17) is 22.4 Å². The van der Waals surface area contributed by atoms with Crippen LogP contribution in [-0.4, -0.2) is 11.0 Å². The monoisotopic (exact) mass is 308 g/mol. The van der Waals surface area contributed by atoms with Crippen molar-refractivity contribution in [3.05, 3.63) is 53.5 Å². The highest BCUT2D eigenvalue weighted by Gasteiger charge is 2.32. The van der Waals surface area contributed by atoms with Gasteiger partial charge in [-0.3, -0.25) is 0 Å². The Hall–Kier alpha value is -1.95. The molecule has 0 bridgehead atoms. The van der Waals surface area contributed by atoms with Gasteiger partial charge in [-0.05, 0) is 37.1 Å². The second-order valence-corrected chi connectivity index (χ2v) is 5.50. The fourth-order valence-corrected chi connectivity index (χ4v) is 2.48. The maximum Gasteiger partial charge on any atom is 0.182 e. The van der Waals surface area contributed by atoms with E-state index in [1.165, 1.54) is 12.1 Å². The lowest BCUT2D eigenvalue weighted by atomic mass is 10.1. The molecule has 1 aliphatic rings. The van der Waals surface area contributed by atoms with Crippen molar-refractivity contribution in [2.45, 2.75) is 25.4 Å². The molecule has 2 aromatic rings. The van der Waals surface area contributed by atoms with Crippen LogP contribution in [0, 0.1) is 11.6 Å². The molecule has 1 saturated carbocycles. The topological polar surface area (TPSA) is 42.4 Å². The van der Waals surface area contributed by atoms with Gasteiger partial charge in [-0.15, -0.1) is 0 Å². The van der Waals surface area contributed by atoms with Crippen LogP contribution in [0.1, 0.15) is 24.2 Å². The Kier molecular flexibility index (Phi) is 3.63. The fourth-order valence-electron chi connectivity index (χ4n) is 2.32. The number of benzene rings is 1. The average Bonchev–Trinajstić information content (AvgIpc) is 3.16. The predicted octanol–water partition coefficient (Wildman–Crippen LogP) is 3.36. The summed E-state index contributed by atoms with van der Waals surface area (Å²) in [4.78, 5) is 1.67. The molecule has 1 aromatic heterocycles. The number of thiocarbonyl (C=S) groups is 1. The van der Waals surface area contributed by atoms with E-state index >= 15 is 0 Å². The first-order valence-corrected chi connectivity index (χ1v) is 7.05. The predicted molar refractivity (Wildman–Crippen MR) is 80.2 cm³/mol. The summed E-state index contributed by atoms with van der Waals surface area (Å²) in [6, 6.07) is 6.74. The molecule has 1 aliphatic carbocycles. The summed E-state index contributed by atoms with van der Waals surface area (Å²) in [5.41, 5.74) is 5.53. The van der Waals surface area contributed by atoms with Gasteiger partial charge in [0.1, 0.15) is 10.7 Å². The Labute approximate surface area is 126 Å². The van der Waals surface area contributed by atoms with Crippen molar-refractivity contribution >= 4 is 22.9 Å². The number of anilines is 1. The van der Waals surface area contributed by atoms with Crippen LogP contribution in [0.2, 0.25) is 0 Å². The zero-order valence-electron chi connectivity index (χ0n) is 11.2. The summed E-state index contributed by atoms with van der Waals surface area (Å²) in [5, 5.41) is 0. The summed E-state index contributed by atoms with van der Waals surface area (Å²) < 4.78 is 33.7. The van der Waals surface area contributed by atoms with Crippen molar-refractivity contribution in [1.82, 2.24) is 0 Å². The van der Waals surface area contributed by atoms with Crippen LogP contribution in [0.5, 0.6) is 0 Å². The van der Waals surface area contributed by atoms with Crippen LogP contribution in [-0.2, 0) is 6.54 Å². The summed E-state index contributed by atoms with van der Waals surface area (Å²) in [7, 11) is 0. The number of halogens is 2. The minimum atomic E-state index is -0.995. The molecule has 6 heteroatoms. The summed E-state index contributed by atoms with van der Waals surface area (Å²) in [6.07, 6.45) is 3.48. The van der Waals surface area contributed by atoms with Crippen LogP contribution in [0.15, 0.2) is 34.9 Å². The molecule has 0 saturated heterocycles. The molecule has 0 unspecified atom stereocenters. The van der Waals surface area contributed by atoms with E-state index < -0.39 is 11.6 Å². The van der Waals surface area contributed by atoms with Crippen molar-refractivity contribution in [3.8, 4) is 0 Å². The third-order valence-corrected chi connectivity index (χ3v) is 3.75. The highest BCUT2D eigenvalue weighted by atomic mass is 32.1. The number of hydrogen-bond donors (Lipinski definition) is 1. The van der Waals surface area contributed by atoms with E-state index in [1.807, 2.05) is 11.0 Å². The minimum Gasteiger partial charge on any atom is -0.467 e. The van der Waals surface area contributed by atoms with E-state index in [1.54, 1.807) is 12.3 Å². The van der Waals surface area contributed by atoms with Crippen molar-refractivity contribution < 1.29 is 13.2 Å². The van der Waals surface area contributed by atoms with Gasteiger partial charge in [0.2, 0.25) is 0 Å². The molecule has 1 heterocycles. The molecule has 1 aromatic carbocycles. The fraction of sp³-hybridized carbons (Fsp3) is 0.267. The molecule has 21 heavy (non-hydrogen) atoms. The third kappa shape index (κ3) is 2.76. The molecule has 0 spiro atoms. The van der Waals surface area contributed by atoms with E-state index in [0.29, 0.717) is 12.3 Å². The highest BCUT2D eigenvalue weighted by Crippen LogP contribution is 2.35. The van der Waals surface area contributed by atoms with Crippen LogP contribution in [0.3, 0.4) is 0 Å². The molecular weight excluding hydrogens is 294 g/mol. The van der Waals surface area contributed by atoms with Gasteiger partial charge < -0.3 is 15.1 Å². The zero-order chi connectivity index (χ0) is 15.0. The first-order valence-electron chi connectivity index (χ1n) is 6.64. The average molecular weight is 308 g/mol. The molecule has 1 fully saturated rings. The standard InChI is InChI=1S/C15H14F2N2OS/c16-13-11(15(18)21)5-6-12(14(13)17)19(9-3-4-9)8-10-2-1-7-20-10/h1-2,5-7,9H,3-4,8H2,(H2,18,21). The minimum absolute atomic E-state index is 0.0694. The van der Waals surface area contributed by atoms with Gasteiger partial charge >= 0.3 is 0 Å². The number of nitrogens with zero attached hydrogens (tertiary/aromatic N) is 1. The van der Waals surface area contributed by atoms with Crippen molar-refractivity contribution in [1.29, 1.82) is 0 Å². The molecule has 0 atom stereocenters. The maximum atomic E-state index is 14.3. The van der Waals surface area contributed by atoms with Crippen LogP contribution >= 0.6 is 12.2 Å². The molecular formula is C15H14F2N2OS. The second kappa shape index (κ2) is 5.44. The van der Waals surface area contributed by atoms with Crippen molar-refractivity contribution in [2.75, 3.05) is 4.90 Å². The zero-order valence-corrected chi connectivity index (χ0v) is 12.0. The van der Waals surface area contributed by atoms with E-state index in [0.717, 1.165) is 12.8 Å². The van der Waals surface area contributed by atoms with E-state index in [2.05, 4.69) is 0 Å². The van der Waals surface area contributed by atoms with Gasteiger partial charge in [0.05, 0.1) is 18.5 Å². The van der Waals surface area contributed by atoms with Crippen LogP contribution in [0.4, 0.5) is 14.5 Å². The van der Waals surface area contributed by atoms with E-state index in [9.17, 15) is 8.78 Å². The second-order valence-electron chi connectivity index (χ2n) is 5.06. The maximum absolute atomic E-state index is 14.3. The lowest BCUT2D eigenvalue weighted by Gasteiger charge is -2.24.